The predicted molar refractivity (Wildman–Crippen MR) is 344 cm³/mol. The van der Waals surface area contributed by atoms with Crippen LogP contribution in [0.5, 0.6) is 0 Å². The number of amides is 4. The van der Waals surface area contributed by atoms with Crippen molar-refractivity contribution < 1.29 is 119 Å². The highest BCUT2D eigenvalue weighted by molar-refractivity contribution is 5.75. The molecule has 4 aliphatic heterocycles. The van der Waals surface area contributed by atoms with Gasteiger partial charge in [-0.1, -0.05) is 121 Å². The molecule has 0 aromatic heterocycles. The standard InChI is InChI=1S/C70H90N4O25/c1-39(75)71-55-64(90-44(6)80)60(52(93-67(55)84-10)36-86-32-48-25-17-12-18-26-48)97-69-57(73-41(3)77)66(92-46(8)82)62(54(95-69)38-88-34-50-29-21-14-22-30-50)99-70-58(74-42(4)78)65(91-45(7)81)61(53(96-70)37-87-33-49-27-19-13-20-28-49)98-68-56(72-40(2)76)63(89-43(5)79)59(83-9)51(94-68)35-85-31-47-23-15-11-16-24-47/h11-30,51-70H,31-38H2,1-10H3,(H,71,75)(H,72,76)(H,73,77)(H,74,78)/t51-,52-,53-,54-,55-,56-,57-,58-,59+,60+,61+,62+,63-,64-,65-,66-,67+,68-,69-,70-/m1/s1. The van der Waals surface area contributed by atoms with Crippen LogP contribution in [0.25, 0.3) is 0 Å². The van der Waals surface area contributed by atoms with Crippen molar-refractivity contribution in [2.45, 2.75) is 204 Å². The molecule has 0 saturated carbocycles. The summed E-state index contributed by atoms with van der Waals surface area (Å²) in [6.45, 7) is 8.34. The van der Waals surface area contributed by atoms with Gasteiger partial charge in [0.05, 0.1) is 52.9 Å². The maximum Gasteiger partial charge on any atom is 0.303 e. The summed E-state index contributed by atoms with van der Waals surface area (Å²) in [7, 11) is 2.70. The second-order valence-corrected chi connectivity index (χ2v) is 24.1. The van der Waals surface area contributed by atoms with E-state index >= 15 is 0 Å². The molecule has 29 heteroatoms. The monoisotopic (exact) mass is 1390 g/mol. The predicted octanol–water partition coefficient (Wildman–Crippen LogP) is 3.32. The third-order valence-corrected chi connectivity index (χ3v) is 16.2. The van der Waals surface area contributed by atoms with Gasteiger partial charge in [-0.2, -0.15) is 0 Å². The molecule has 20 atom stereocenters. The van der Waals surface area contributed by atoms with Gasteiger partial charge in [-0.3, -0.25) is 38.4 Å². The Morgan fingerprint density at radius 2 is 0.525 bits per heavy atom. The molecule has 4 aromatic carbocycles. The first kappa shape index (κ1) is 76.9. The van der Waals surface area contributed by atoms with Crippen molar-refractivity contribution in [2.24, 2.45) is 0 Å². The molecule has 540 valence electrons. The molecular weight excluding hydrogens is 1300 g/mol. The Kier molecular flexibility index (Phi) is 29.6. The van der Waals surface area contributed by atoms with E-state index in [1.54, 1.807) is 0 Å². The SMILES string of the molecule is CO[C@H]1O[C@H](COCc2ccccc2)[C@H](O[C@H]2O[C@H](COCc3ccccc3)[C@H](O[C@H]3O[C@H](COCc4ccccc4)[C@H](O[C@H]4O[C@H](COCc5ccccc5)[C@H](OC)[C@H](OC(C)=O)[C@H]4NC(C)=O)[C@H](OC(C)=O)[C@H]3NC(C)=O)[C@H](OC(C)=O)[C@H]2NC(C)=O)[C@H](OC(C)=O)[C@H]1NC(C)=O. The number of ether oxygens (including phenoxy) is 17. The number of rotatable bonds is 32. The van der Waals surface area contributed by atoms with E-state index in [-0.39, 0.29) is 39.6 Å². The number of carbonyl (C=O) groups is 8. The average Bonchev–Trinajstić information content (AvgIpc) is 0.765. The molecule has 0 bridgehead atoms. The Bertz CT molecular complexity index is 3230. The summed E-state index contributed by atoms with van der Waals surface area (Å²) in [5.41, 5.74) is 3.08. The van der Waals surface area contributed by atoms with Gasteiger partial charge < -0.3 is 102 Å². The fraction of sp³-hybridized carbons (Fsp3) is 0.543. The van der Waals surface area contributed by atoms with Crippen molar-refractivity contribution in [3.8, 4) is 0 Å². The van der Waals surface area contributed by atoms with E-state index in [1.165, 1.54) is 48.8 Å². The number of hydrogen-bond acceptors (Lipinski definition) is 25. The van der Waals surface area contributed by atoms with Crippen LogP contribution in [-0.2, 0) is 145 Å². The zero-order valence-electron chi connectivity index (χ0n) is 57.0. The molecule has 4 saturated heterocycles. The maximum atomic E-state index is 13.8. The van der Waals surface area contributed by atoms with Crippen LogP contribution in [-0.4, -0.2) is 211 Å². The van der Waals surface area contributed by atoms with Gasteiger partial charge in [-0.25, -0.2) is 0 Å². The van der Waals surface area contributed by atoms with Crippen molar-refractivity contribution in [1.29, 1.82) is 0 Å². The first-order valence-corrected chi connectivity index (χ1v) is 32.5. The minimum absolute atomic E-state index is 0.0146. The lowest BCUT2D eigenvalue weighted by atomic mass is 9.92. The van der Waals surface area contributed by atoms with Gasteiger partial charge in [-0.05, 0) is 22.3 Å². The van der Waals surface area contributed by atoms with Crippen molar-refractivity contribution in [3.05, 3.63) is 144 Å². The van der Waals surface area contributed by atoms with Crippen LogP contribution in [0.4, 0.5) is 0 Å². The van der Waals surface area contributed by atoms with Crippen molar-refractivity contribution in [1.82, 2.24) is 21.3 Å². The molecule has 0 aliphatic carbocycles. The summed E-state index contributed by atoms with van der Waals surface area (Å²) in [5, 5.41) is 11.2. The molecule has 0 spiro atoms. The zero-order valence-corrected chi connectivity index (χ0v) is 57.0. The van der Waals surface area contributed by atoms with E-state index in [9.17, 15) is 38.4 Å². The van der Waals surface area contributed by atoms with E-state index in [0.29, 0.717) is 0 Å². The summed E-state index contributed by atoms with van der Waals surface area (Å²) < 4.78 is 110. The van der Waals surface area contributed by atoms with Gasteiger partial charge in [0.25, 0.3) is 0 Å². The summed E-state index contributed by atoms with van der Waals surface area (Å²) in [6.07, 6.45) is -23.5. The minimum atomic E-state index is -1.80. The van der Waals surface area contributed by atoms with E-state index in [4.69, 9.17) is 80.5 Å². The molecule has 99 heavy (non-hydrogen) atoms. The lowest BCUT2D eigenvalue weighted by Gasteiger charge is -2.52. The molecule has 4 amide bonds. The smallest absolute Gasteiger partial charge is 0.303 e. The molecule has 4 heterocycles. The van der Waals surface area contributed by atoms with Crippen LogP contribution in [0.15, 0.2) is 121 Å². The zero-order chi connectivity index (χ0) is 71.1. The van der Waals surface area contributed by atoms with E-state index in [2.05, 4.69) is 21.3 Å². The third-order valence-electron chi connectivity index (χ3n) is 16.2. The van der Waals surface area contributed by atoms with Crippen LogP contribution in [0.2, 0.25) is 0 Å². The number of esters is 4. The van der Waals surface area contributed by atoms with E-state index < -0.39 is 183 Å². The quantitative estimate of drug-likeness (QED) is 0.0402. The lowest BCUT2D eigenvalue weighted by Crippen LogP contribution is -2.72. The highest BCUT2D eigenvalue weighted by atomic mass is 16.8. The third kappa shape index (κ3) is 22.6. The first-order chi connectivity index (χ1) is 47.6. The molecule has 4 fully saturated rings. The van der Waals surface area contributed by atoms with Crippen LogP contribution < -0.4 is 21.3 Å². The van der Waals surface area contributed by atoms with Crippen LogP contribution >= 0.6 is 0 Å². The summed E-state index contributed by atoms with van der Waals surface area (Å²) in [6, 6.07) is 30.8. The summed E-state index contributed by atoms with van der Waals surface area (Å²) in [5.74, 6) is -5.91. The Hall–Kier alpha value is -7.88. The first-order valence-electron chi connectivity index (χ1n) is 32.5. The molecule has 4 aromatic rings. The normalized spacial score (nSPS) is 29.8. The highest BCUT2D eigenvalue weighted by Crippen LogP contribution is 2.38. The Morgan fingerprint density at radius 3 is 0.747 bits per heavy atom. The Labute approximate surface area is 574 Å². The number of carbonyl (C=O) groups excluding carboxylic acids is 8. The minimum Gasteiger partial charge on any atom is -0.457 e. The van der Waals surface area contributed by atoms with Gasteiger partial charge in [0, 0.05) is 69.6 Å². The maximum absolute atomic E-state index is 13.8. The summed E-state index contributed by atoms with van der Waals surface area (Å²) in [4.78, 5) is 108. The molecule has 0 radical (unpaired) electrons. The van der Waals surface area contributed by atoms with Gasteiger partial charge in [0.15, 0.2) is 49.6 Å². The lowest BCUT2D eigenvalue weighted by molar-refractivity contribution is -0.365. The highest BCUT2D eigenvalue weighted by Gasteiger charge is 2.60. The van der Waals surface area contributed by atoms with E-state index in [1.807, 2.05) is 121 Å². The second kappa shape index (κ2) is 38.1. The number of nitrogens with one attached hydrogen (secondary N) is 4. The van der Waals surface area contributed by atoms with Crippen LogP contribution in [0, 0.1) is 0 Å². The van der Waals surface area contributed by atoms with Crippen molar-refractivity contribution >= 4 is 47.5 Å². The van der Waals surface area contributed by atoms with Crippen LogP contribution in [0.1, 0.15) is 77.6 Å². The molecule has 29 nitrogen and oxygen atoms in total. The topological polar surface area (TPSA) is 342 Å². The van der Waals surface area contributed by atoms with Gasteiger partial charge in [0.2, 0.25) is 23.6 Å². The summed E-state index contributed by atoms with van der Waals surface area (Å²) >= 11 is 0. The largest absolute Gasteiger partial charge is 0.457 e. The second-order valence-electron chi connectivity index (χ2n) is 24.1. The molecular formula is C70H90N4O25. The molecule has 4 N–H and O–H groups in total. The number of benzene rings is 4. The van der Waals surface area contributed by atoms with Crippen LogP contribution in [0.3, 0.4) is 0 Å². The van der Waals surface area contributed by atoms with Gasteiger partial charge >= 0.3 is 23.9 Å². The Morgan fingerprint density at radius 1 is 0.303 bits per heavy atom. The van der Waals surface area contributed by atoms with E-state index in [0.717, 1.165) is 43.0 Å². The van der Waals surface area contributed by atoms with Gasteiger partial charge in [-0.15, -0.1) is 0 Å². The van der Waals surface area contributed by atoms with Crippen molar-refractivity contribution in [3.63, 3.8) is 0 Å². The van der Waals surface area contributed by atoms with Crippen molar-refractivity contribution in [2.75, 3.05) is 40.6 Å². The van der Waals surface area contributed by atoms with Gasteiger partial charge in [0.1, 0.15) is 73.0 Å². The molecule has 4 aliphatic rings. The molecule has 8 rings (SSSR count). The number of hydrogen-bond donors (Lipinski definition) is 4. The average molecular weight is 1390 g/mol. The Balaban J connectivity index is 1.23. The fourth-order valence-electron chi connectivity index (χ4n) is 12.3. The molecule has 0 unspecified atom stereocenters. The fourth-order valence-corrected chi connectivity index (χ4v) is 12.3. The number of methoxy groups -OCH3 is 2.